The van der Waals surface area contributed by atoms with E-state index in [1.54, 1.807) is 0 Å². The van der Waals surface area contributed by atoms with Crippen molar-refractivity contribution in [2.24, 2.45) is 39.9 Å². The molecule has 0 bridgehead atoms. The first-order chi connectivity index (χ1) is 17.2. The summed E-state index contributed by atoms with van der Waals surface area (Å²) in [5.74, 6) is -1.14. The molecule has 0 saturated heterocycles. The number of aliphatic hydroxyl groups is 1. The largest absolute Gasteiger partial charge is 0.478 e. The van der Waals surface area contributed by atoms with Gasteiger partial charge in [0, 0.05) is 24.8 Å². The number of aliphatic carboxylic acids is 1. The van der Waals surface area contributed by atoms with Crippen molar-refractivity contribution < 1.29 is 29.3 Å². The molecule has 0 aliphatic heterocycles. The molecule has 0 aromatic heterocycles. The van der Waals surface area contributed by atoms with E-state index < -0.39 is 18.0 Å². The Morgan fingerprint density at radius 3 is 2.35 bits per heavy atom. The second-order valence-electron chi connectivity index (χ2n) is 13.5. The van der Waals surface area contributed by atoms with E-state index in [1.165, 1.54) is 6.92 Å². The summed E-state index contributed by atoms with van der Waals surface area (Å²) in [5, 5.41) is 20.9. The Morgan fingerprint density at radius 1 is 1.08 bits per heavy atom. The van der Waals surface area contributed by atoms with Gasteiger partial charge in [-0.2, -0.15) is 0 Å². The maximum absolute atomic E-state index is 14.2. The van der Waals surface area contributed by atoms with E-state index in [0.29, 0.717) is 43.3 Å². The Labute approximate surface area is 221 Å². The highest BCUT2D eigenvalue weighted by Gasteiger charge is 2.71. The second-order valence-corrected chi connectivity index (χ2v) is 13.5. The molecule has 0 aromatic carbocycles. The van der Waals surface area contributed by atoms with Crippen LogP contribution in [0.25, 0.3) is 0 Å². The van der Waals surface area contributed by atoms with Gasteiger partial charge in [0.05, 0.1) is 6.10 Å². The van der Waals surface area contributed by atoms with Crippen LogP contribution in [0.2, 0.25) is 0 Å². The molecule has 6 nitrogen and oxygen atoms in total. The molecule has 6 heteroatoms. The fourth-order valence-corrected chi connectivity index (χ4v) is 9.47. The van der Waals surface area contributed by atoms with Crippen molar-refractivity contribution in [3.63, 3.8) is 0 Å². The van der Waals surface area contributed by atoms with Crippen LogP contribution in [0.1, 0.15) is 99.8 Å². The summed E-state index contributed by atoms with van der Waals surface area (Å²) in [7, 11) is 0. The van der Waals surface area contributed by atoms with Gasteiger partial charge < -0.3 is 14.9 Å². The van der Waals surface area contributed by atoms with Crippen molar-refractivity contribution in [3.05, 3.63) is 22.8 Å². The number of allylic oxidation sites excluding steroid dienone is 2. The summed E-state index contributed by atoms with van der Waals surface area (Å²) in [6.07, 6.45) is 6.22. The number of ether oxygens (including phenoxy) is 1. The van der Waals surface area contributed by atoms with Crippen molar-refractivity contribution in [2.45, 2.75) is 112 Å². The molecular formula is C31H46O6. The summed E-state index contributed by atoms with van der Waals surface area (Å²) in [6.45, 7) is 14.2. The fourth-order valence-electron chi connectivity index (χ4n) is 9.47. The number of carboxylic acids is 1. The molecule has 0 heterocycles. The Balaban J connectivity index is 1.83. The summed E-state index contributed by atoms with van der Waals surface area (Å²) in [4.78, 5) is 39.0. The minimum Gasteiger partial charge on any atom is -0.478 e. The third-order valence-corrected chi connectivity index (χ3v) is 11.3. The molecule has 4 aliphatic rings. The van der Waals surface area contributed by atoms with Gasteiger partial charge in [-0.05, 0) is 98.4 Å². The molecule has 4 saturated carbocycles. The van der Waals surface area contributed by atoms with E-state index in [4.69, 9.17) is 4.74 Å². The molecule has 4 fully saturated rings. The quantitative estimate of drug-likeness (QED) is 0.270. The van der Waals surface area contributed by atoms with Gasteiger partial charge in [0.15, 0.2) is 0 Å². The standard InChI is InChI=1S/C31H46O6/c1-17(2)9-8-10-20(28(35)36)26-22-15-24(34)27-29(5)13-12-23(33)18(3)21(29)11-14-30(27,6)31(22,7)16-25(26)37-19(4)32/h9,18,21-23,25,27,33H,8,10-16H2,1-7H3,(H,35,36)/b26-20-/t18-,21-,22-,23+,25-,27-,29-,30-,31-/m1/s1. The fraction of sp³-hybridized carbons (Fsp3) is 0.774. The third-order valence-electron chi connectivity index (χ3n) is 11.3. The monoisotopic (exact) mass is 514 g/mol. The van der Waals surface area contributed by atoms with E-state index in [9.17, 15) is 24.6 Å². The Hall–Kier alpha value is -1.95. The first kappa shape index (κ1) is 28.1. The highest BCUT2D eigenvalue weighted by atomic mass is 16.5. The second kappa shape index (κ2) is 9.66. The Morgan fingerprint density at radius 2 is 1.76 bits per heavy atom. The number of hydrogen-bond acceptors (Lipinski definition) is 5. The van der Waals surface area contributed by atoms with Gasteiger partial charge in [0.1, 0.15) is 11.9 Å². The van der Waals surface area contributed by atoms with Crippen LogP contribution in [-0.4, -0.2) is 40.1 Å². The van der Waals surface area contributed by atoms with E-state index in [-0.39, 0.29) is 51.8 Å². The van der Waals surface area contributed by atoms with E-state index in [0.717, 1.165) is 24.8 Å². The number of carboxylic acid groups (broad SMARTS) is 1. The lowest BCUT2D eigenvalue weighted by Gasteiger charge is -2.66. The normalized spacial score (nSPS) is 44.3. The molecule has 206 valence electrons. The van der Waals surface area contributed by atoms with Crippen LogP contribution in [0, 0.1) is 39.9 Å². The van der Waals surface area contributed by atoms with Gasteiger partial charge in [-0.1, -0.05) is 39.3 Å². The molecule has 0 aromatic rings. The highest BCUT2D eigenvalue weighted by molar-refractivity contribution is 5.90. The molecule has 9 atom stereocenters. The van der Waals surface area contributed by atoms with Crippen LogP contribution in [0.5, 0.6) is 0 Å². The smallest absolute Gasteiger partial charge is 0.331 e. The van der Waals surface area contributed by atoms with Gasteiger partial charge >= 0.3 is 11.9 Å². The molecule has 0 spiro atoms. The lowest BCUT2D eigenvalue weighted by atomic mass is 9.37. The predicted molar refractivity (Wildman–Crippen MR) is 142 cm³/mol. The van der Waals surface area contributed by atoms with Crippen molar-refractivity contribution in [2.75, 3.05) is 0 Å². The average molecular weight is 515 g/mol. The first-order valence-corrected chi connectivity index (χ1v) is 14.1. The predicted octanol–water partition coefficient (Wildman–Crippen LogP) is 5.87. The Kier molecular flexibility index (Phi) is 7.33. The lowest BCUT2D eigenvalue weighted by Crippen LogP contribution is -2.64. The van der Waals surface area contributed by atoms with Crippen LogP contribution in [0.4, 0.5) is 0 Å². The molecule has 37 heavy (non-hydrogen) atoms. The first-order valence-electron chi connectivity index (χ1n) is 14.1. The van der Waals surface area contributed by atoms with Gasteiger partial charge in [0.25, 0.3) is 0 Å². The summed E-state index contributed by atoms with van der Waals surface area (Å²) in [6, 6.07) is 0. The number of esters is 1. The summed E-state index contributed by atoms with van der Waals surface area (Å²) >= 11 is 0. The van der Waals surface area contributed by atoms with Gasteiger partial charge in [-0.25, -0.2) is 4.79 Å². The minimum atomic E-state index is -0.982. The topological polar surface area (TPSA) is 101 Å². The highest BCUT2D eigenvalue weighted by Crippen LogP contribution is 2.73. The van der Waals surface area contributed by atoms with Crippen molar-refractivity contribution in [1.82, 2.24) is 0 Å². The Bertz CT molecular complexity index is 1040. The third kappa shape index (κ3) is 4.31. The summed E-state index contributed by atoms with van der Waals surface area (Å²) in [5.41, 5.74) is 1.19. The molecule has 0 amide bonds. The van der Waals surface area contributed by atoms with Crippen LogP contribution >= 0.6 is 0 Å². The molecule has 2 N–H and O–H groups in total. The number of ketones is 1. The molecule has 0 unspecified atom stereocenters. The maximum atomic E-state index is 14.2. The minimum absolute atomic E-state index is 0.147. The maximum Gasteiger partial charge on any atom is 0.331 e. The molecule has 4 rings (SSSR count). The van der Waals surface area contributed by atoms with Gasteiger partial charge in [-0.15, -0.1) is 0 Å². The molecule has 4 aliphatic carbocycles. The number of Topliss-reactive ketones (excluding diaryl/α,β-unsaturated/α-hetero) is 1. The van der Waals surface area contributed by atoms with Crippen LogP contribution in [0.3, 0.4) is 0 Å². The number of carbonyl (C=O) groups is 3. The molecular weight excluding hydrogens is 468 g/mol. The van der Waals surface area contributed by atoms with E-state index in [1.807, 2.05) is 19.9 Å². The van der Waals surface area contributed by atoms with Crippen molar-refractivity contribution in [3.8, 4) is 0 Å². The van der Waals surface area contributed by atoms with Gasteiger partial charge in [0.2, 0.25) is 0 Å². The zero-order valence-corrected chi connectivity index (χ0v) is 23.7. The molecule has 0 radical (unpaired) electrons. The number of hydrogen-bond donors (Lipinski definition) is 2. The number of fused-ring (bicyclic) bond motifs is 5. The number of aliphatic hydroxyl groups excluding tert-OH is 1. The number of rotatable bonds is 5. The van der Waals surface area contributed by atoms with Gasteiger partial charge in [-0.3, -0.25) is 9.59 Å². The van der Waals surface area contributed by atoms with E-state index >= 15 is 0 Å². The average Bonchev–Trinajstić information content (AvgIpc) is 3.05. The van der Waals surface area contributed by atoms with Crippen LogP contribution in [0.15, 0.2) is 22.8 Å². The van der Waals surface area contributed by atoms with E-state index in [2.05, 4.69) is 27.7 Å². The van der Waals surface area contributed by atoms with Crippen LogP contribution in [-0.2, 0) is 19.1 Å². The zero-order valence-electron chi connectivity index (χ0n) is 23.7. The van der Waals surface area contributed by atoms with Crippen LogP contribution < -0.4 is 0 Å². The zero-order chi connectivity index (χ0) is 27.5. The SMILES string of the molecule is CC(=O)O[C@@H]1C[C@]2(C)[C@H](CC(=O)[C@@H]3[C@]4(C)CC[C@H](O)[C@H](C)[C@H]4CC[C@]32C)/C1=C(\CCC=C(C)C)C(=O)O. The van der Waals surface area contributed by atoms with Crippen molar-refractivity contribution in [1.29, 1.82) is 0 Å². The summed E-state index contributed by atoms with van der Waals surface area (Å²) < 4.78 is 5.84. The number of carbonyl (C=O) groups excluding carboxylic acids is 2. The van der Waals surface area contributed by atoms with Crippen molar-refractivity contribution >= 4 is 17.7 Å². The lowest BCUT2D eigenvalue weighted by molar-refractivity contribution is -0.198.